The Bertz CT molecular complexity index is 594. The number of rotatable bonds is 3. The molecule has 5 nitrogen and oxygen atoms in total. The average Bonchev–Trinajstić information content (AvgIpc) is 2.46. The molecule has 1 heterocycles. The molecular formula is C15H16N3O2+. The van der Waals surface area contributed by atoms with Crippen molar-refractivity contribution in [3.8, 4) is 0 Å². The summed E-state index contributed by atoms with van der Waals surface area (Å²) in [6, 6.07) is 12.7. The van der Waals surface area contributed by atoms with Gasteiger partial charge in [0.05, 0.1) is 12.0 Å². The molecule has 0 saturated heterocycles. The molecule has 20 heavy (non-hydrogen) atoms. The second kappa shape index (κ2) is 6.47. The van der Waals surface area contributed by atoms with Crippen LogP contribution in [-0.2, 0) is 18.3 Å². The van der Waals surface area contributed by atoms with Crippen LogP contribution in [0.1, 0.15) is 15.9 Å². The first-order chi connectivity index (χ1) is 9.65. The third-order valence-corrected chi connectivity index (χ3v) is 2.76. The van der Waals surface area contributed by atoms with Gasteiger partial charge < -0.3 is 0 Å². The molecule has 0 fully saturated rings. The highest BCUT2D eigenvalue weighted by molar-refractivity contribution is 5.95. The van der Waals surface area contributed by atoms with Gasteiger partial charge in [-0.2, -0.15) is 0 Å². The number of aryl methyl sites for hydroxylation is 1. The maximum atomic E-state index is 11.8. The van der Waals surface area contributed by atoms with E-state index in [1.807, 2.05) is 41.9 Å². The van der Waals surface area contributed by atoms with Crippen LogP contribution in [0.15, 0.2) is 54.9 Å². The van der Waals surface area contributed by atoms with E-state index in [1.165, 1.54) is 0 Å². The van der Waals surface area contributed by atoms with Gasteiger partial charge in [0.15, 0.2) is 12.4 Å². The van der Waals surface area contributed by atoms with E-state index in [-0.39, 0.29) is 18.2 Å². The summed E-state index contributed by atoms with van der Waals surface area (Å²) in [5.41, 5.74) is 6.17. The van der Waals surface area contributed by atoms with Crippen LogP contribution in [0.25, 0.3) is 0 Å². The molecule has 0 radical (unpaired) electrons. The Morgan fingerprint density at radius 3 is 2.30 bits per heavy atom. The number of amides is 2. The van der Waals surface area contributed by atoms with Crippen LogP contribution in [0.4, 0.5) is 0 Å². The van der Waals surface area contributed by atoms with E-state index in [0.29, 0.717) is 5.56 Å². The van der Waals surface area contributed by atoms with Crippen molar-refractivity contribution < 1.29 is 14.2 Å². The lowest BCUT2D eigenvalue weighted by Crippen LogP contribution is -2.42. The van der Waals surface area contributed by atoms with Gasteiger partial charge in [0.2, 0.25) is 5.91 Å². The Morgan fingerprint density at radius 2 is 1.65 bits per heavy atom. The molecule has 5 heteroatoms. The van der Waals surface area contributed by atoms with Crippen molar-refractivity contribution in [2.75, 3.05) is 0 Å². The number of hydrogen-bond donors (Lipinski definition) is 2. The molecule has 0 aliphatic rings. The third kappa shape index (κ3) is 3.91. The summed E-state index contributed by atoms with van der Waals surface area (Å²) in [5.74, 6) is -0.599. The largest absolute Gasteiger partial charge is 0.273 e. The Balaban J connectivity index is 1.84. The summed E-state index contributed by atoms with van der Waals surface area (Å²) in [6.45, 7) is 0. The molecule has 0 aliphatic carbocycles. The first-order valence-corrected chi connectivity index (χ1v) is 6.23. The van der Waals surface area contributed by atoms with Crippen LogP contribution in [0, 0.1) is 0 Å². The monoisotopic (exact) mass is 270 g/mol. The topological polar surface area (TPSA) is 62.1 Å². The number of carbonyl (C=O) groups excluding carboxylic acids is 2. The SMILES string of the molecule is C[n+]1ccc(C(=O)NNC(=O)Cc2ccccc2)cc1. The molecule has 0 atom stereocenters. The molecule has 2 aromatic rings. The molecule has 2 amide bonds. The quantitative estimate of drug-likeness (QED) is 0.631. The van der Waals surface area contributed by atoms with Gasteiger partial charge in [-0.1, -0.05) is 30.3 Å². The minimum Gasteiger partial charge on any atom is -0.273 e. The molecule has 0 spiro atoms. The van der Waals surface area contributed by atoms with Crippen molar-refractivity contribution in [3.63, 3.8) is 0 Å². The molecule has 0 bridgehead atoms. The number of nitrogens with one attached hydrogen (secondary N) is 2. The highest BCUT2D eigenvalue weighted by Gasteiger charge is 2.08. The minimum absolute atomic E-state index is 0.227. The van der Waals surface area contributed by atoms with E-state index in [1.54, 1.807) is 24.5 Å². The summed E-state index contributed by atoms with van der Waals surface area (Å²) in [5, 5.41) is 0. The number of nitrogens with zero attached hydrogens (tertiary/aromatic N) is 1. The van der Waals surface area contributed by atoms with Gasteiger partial charge in [0.1, 0.15) is 7.05 Å². The maximum absolute atomic E-state index is 11.8. The van der Waals surface area contributed by atoms with Gasteiger partial charge in [0, 0.05) is 12.1 Å². The molecule has 2 N–H and O–H groups in total. The van der Waals surface area contributed by atoms with Crippen LogP contribution >= 0.6 is 0 Å². The summed E-state index contributed by atoms with van der Waals surface area (Å²) >= 11 is 0. The number of hydrogen-bond acceptors (Lipinski definition) is 2. The lowest BCUT2D eigenvalue weighted by Gasteiger charge is -2.07. The molecule has 1 aromatic carbocycles. The normalized spacial score (nSPS) is 9.85. The smallest absolute Gasteiger partial charge is 0.270 e. The van der Waals surface area contributed by atoms with E-state index >= 15 is 0 Å². The van der Waals surface area contributed by atoms with Crippen LogP contribution in [0.5, 0.6) is 0 Å². The number of pyridine rings is 1. The first-order valence-electron chi connectivity index (χ1n) is 6.23. The van der Waals surface area contributed by atoms with E-state index in [0.717, 1.165) is 5.56 Å². The predicted octanol–water partition coefficient (Wildman–Crippen LogP) is 0.515. The van der Waals surface area contributed by atoms with Gasteiger partial charge in [-0.05, 0) is 5.56 Å². The van der Waals surface area contributed by atoms with Gasteiger partial charge in [-0.25, -0.2) is 4.57 Å². The zero-order valence-corrected chi connectivity index (χ0v) is 11.2. The van der Waals surface area contributed by atoms with Gasteiger partial charge in [-0.15, -0.1) is 0 Å². The first kappa shape index (κ1) is 13.7. The number of carbonyl (C=O) groups is 2. The third-order valence-electron chi connectivity index (χ3n) is 2.76. The van der Waals surface area contributed by atoms with E-state index in [9.17, 15) is 9.59 Å². The second-order valence-electron chi connectivity index (χ2n) is 4.42. The molecular weight excluding hydrogens is 254 g/mol. The van der Waals surface area contributed by atoms with Crippen molar-refractivity contribution in [2.24, 2.45) is 7.05 Å². The van der Waals surface area contributed by atoms with Crippen molar-refractivity contribution >= 4 is 11.8 Å². The Hall–Kier alpha value is -2.69. The number of aromatic nitrogens is 1. The lowest BCUT2D eigenvalue weighted by atomic mass is 10.1. The Morgan fingerprint density at radius 1 is 1.00 bits per heavy atom. The van der Waals surface area contributed by atoms with Crippen molar-refractivity contribution in [1.82, 2.24) is 10.9 Å². The molecule has 0 saturated carbocycles. The highest BCUT2D eigenvalue weighted by Crippen LogP contribution is 1.99. The zero-order chi connectivity index (χ0) is 14.4. The molecule has 102 valence electrons. The predicted molar refractivity (Wildman–Crippen MR) is 73.4 cm³/mol. The fourth-order valence-corrected chi connectivity index (χ4v) is 1.68. The molecule has 0 aliphatic heterocycles. The number of benzene rings is 1. The lowest BCUT2D eigenvalue weighted by molar-refractivity contribution is -0.671. The van der Waals surface area contributed by atoms with Crippen molar-refractivity contribution in [2.45, 2.75) is 6.42 Å². The Kier molecular flexibility index (Phi) is 4.44. The van der Waals surface area contributed by atoms with Crippen molar-refractivity contribution in [1.29, 1.82) is 0 Å². The standard InChI is InChI=1S/C15H15N3O2/c1-18-9-7-13(8-10-18)15(20)17-16-14(19)11-12-5-3-2-4-6-12/h2-10,20H,11H2,1H3/p+1. The zero-order valence-electron chi connectivity index (χ0n) is 11.2. The van der Waals surface area contributed by atoms with Crippen LogP contribution < -0.4 is 15.4 Å². The van der Waals surface area contributed by atoms with Crippen molar-refractivity contribution in [3.05, 3.63) is 66.0 Å². The fourth-order valence-electron chi connectivity index (χ4n) is 1.68. The molecule has 2 rings (SSSR count). The van der Waals surface area contributed by atoms with Gasteiger partial charge >= 0.3 is 0 Å². The van der Waals surface area contributed by atoms with Crippen LogP contribution in [0.2, 0.25) is 0 Å². The van der Waals surface area contributed by atoms with E-state index < -0.39 is 0 Å². The van der Waals surface area contributed by atoms with Gasteiger partial charge in [0.25, 0.3) is 5.91 Å². The summed E-state index contributed by atoms with van der Waals surface area (Å²) in [6.07, 6.45) is 3.76. The minimum atomic E-state index is -0.341. The maximum Gasteiger partial charge on any atom is 0.270 e. The summed E-state index contributed by atoms with van der Waals surface area (Å²) in [7, 11) is 1.86. The molecule has 1 aromatic heterocycles. The van der Waals surface area contributed by atoms with Crippen LogP contribution in [0.3, 0.4) is 0 Å². The average molecular weight is 270 g/mol. The molecule has 0 unspecified atom stereocenters. The van der Waals surface area contributed by atoms with Crippen LogP contribution in [-0.4, -0.2) is 11.8 Å². The summed E-state index contributed by atoms with van der Waals surface area (Å²) < 4.78 is 1.82. The van der Waals surface area contributed by atoms with E-state index in [4.69, 9.17) is 0 Å². The fraction of sp³-hybridized carbons (Fsp3) is 0.133. The second-order valence-corrected chi connectivity index (χ2v) is 4.42. The highest BCUT2D eigenvalue weighted by atomic mass is 16.2. The van der Waals surface area contributed by atoms with E-state index in [2.05, 4.69) is 10.9 Å². The van der Waals surface area contributed by atoms with Gasteiger partial charge in [-0.3, -0.25) is 20.4 Å². The Labute approximate surface area is 117 Å². The summed E-state index contributed by atoms with van der Waals surface area (Å²) in [4.78, 5) is 23.5. The number of hydrazine groups is 1.